The van der Waals surface area contributed by atoms with E-state index < -0.39 is 5.97 Å². The van der Waals surface area contributed by atoms with Gasteiger partial charge in [0, 0.05) is 18.6 Å². The third-order valence-corrected chi connectivity index (χ3v) is 4.40. The summed E-state index contributed by atoms with van der Waals surface area (Å²) in [6.45, 7) is 7.19. The number of benzene rings is 1. The van der Waals surface area contributed by atoms with Crippen molar-refractivity contribution in [1.82, 2.24) is 10.2 Å². The molecular weight excluding hydrogens is 308 g/mol. The molecule has 2 rings (SSSR count). The van der Waals surface area contributed by atoms with Gasteiger partial charge < -0.3 is 14.7 Å². The minimum absolute atomic E-state index is 0.00393. The first kappa shape index (κ1) is 18.3. The van der Waals surface area contributed by atoms with Gasteiger partial charge in [0.2, 0.25) is 0 Å². The Balaban J connectivity index is 1.81. The zero-order valence-corrected chi connectivity index (χ0v) is 14.5. The SMILES string of the molecule is CC(C)c1ccc(OCC(=O)N2CC[C@](C)(NCC(=O)O)C2)cc1. The first-order valence-electron chi connectivity index (χ1n) is 8.26. The second kappa shape index (κ2) is 7.66. The van der Waals surface area contributed by atoms with Crippen LogP contribution in [0.5, 0.6) is 5.75 Å². The fourth-order valence-electron chi connectivity index (χ4n) is 2.79. The number of likely N-dealkylation sites (tertiary alicyclic amines) is 1. The number of ether oxygens (including phenoxy) is 1. The third-order valence-electron chi connectivity index (χ3n) is 4.40. The summed E-state index contributed by atoms with van der Waals surface area (Å²) in [5, 5.41) is 11.8. The minimum atomic E-state index is -0.894. The van der Waals surface area contributed by atoms with Crippen LogP contribution in [0.15, 0.2) is 24.3 Å². The van der Waals surface area contributed by atoms with Crippen LogP contribution in [0.1, 0.15) is 38.7 Å². The van der Waals surface area contributed by atoms with E-state index in [0.29, 0.717) is 24.8 Å². The summed E-state index contributed by atoms with van der Waals surface area (Å²) in [6.07, 6.45) is 0.731. The maximum Gasteiger partial charge on any atom is 0.317 e. The Hall–Kier alpha value is -2.08. The van der Waals surface area contributed by atoms with Crippen molar-refractivity contribution in [2.75, 3.05) is 26.2 Å². The molecule has 0 radical (unpaired) electrons. The van der Waals surface area contributed by atoms with Crippen molar-refractivity contribution in [2.24, 2.45) is 0 Å². The van der Waals surface area contributed by atoms with Gasteiger partial charge in [-0.15, -0.1) is 0 Å². The van der Waals surface area contributed by atoms with Crippen molar-refractivity contribution in [3.63, 3.8) is 0 Å². The molecule has 1 fully saturated rings. The average molecular weight is 334 g/mol. The number of carbonyl (C=O) groups excluding carboxylic acids is 1. The summed E-state index contributed by atoms with van der Waals surface area (Å²) in [7, 11) is 0. The second-order valence-corrected chi connectivity index (χ2v) is 6.89. The van der Waals surface area contributed by atoms with Gasteiger partial charge in [0.05, 0.1) is 6.54 Å². The van der Waals surface area contributed by atoms with Crippen LogP contribution >= 0.6 is 0 Å². The van der Waals surface area contributed by atoms with Crippen molar-refractivity contribution in [1.29, 1.82) is 0 Å². The van der Waals surface area contributed by atoms with Crippen LogP contribution in [0.25, 0.3) is 0 Å². The van der Waals surface area contributed by atoms with E-state index in [2.05, 4.69) is 19.2 Å². The van der Waals surface area contributed by atoms with Gasteiger partial charge in [0.15, 0.2) is 6.61 Å². The number of carbonyl (C=O) groups is 2. The Labute approximate surface area is 142 Å². The molecule has 1 amide bonds. The van der Waals surface area contributed by atoms with Gasteiger partial charge >= 0.3 is 5.97 Å². The highest BCUT2D eigenvalue weighted by Crippen LogP contribution is 2.22. The predicted octanol–water partition coefficient (Wildman–Crippen LogP) is 1.85. The van der Waals surface area contributed by atoms with E-state index in [9.17, 15) is 9.59 Å². The molecule has 0 aromatic heterocycles. The maximum atomic E-state index is 12.3. The number of amides is 1. The van der Waals surface area contributed by atoms with Gasteiger partial charge in [-0.2, -0.15) is 0 Å². The molecule has 2 N–H and O–H groups in total. The molecule has 6 heteroatoms. The molecule has 1 aromatic rings. The van der Waals surface area contributed by atoms with Crippen LogP contribution in [0.3, 0.4) is 0 Å². The predicted molar refractivity (Wildman–Crippen MR) is 91.3 cm³/mol. The molecule has 1 aromatic carbocycles. The maximum absolute atomic E-state index is 12.3. The Kier molecular flexibility index (Phi) is 5.83. The number of hydrogen-bond donors (Lipinski definition) is 2. The van der Waals surface area contributed by atoms with Crippen molar-refractivity contribution < 1.29 is 19.4 Å². The first-order valence-corrected chi connectivity index (χ1v) is 8.26. The first-order chi connectivity index (χ1) is 11.3. The van der Waals surface area contributed by atoms with Crippen molar-refractivity contribution in [3.05, 3.63) is 29.8 Å². The fourth-order valence-corrected chi connectivity index (χ4v) is 2.79. The average Bonchev–Trinajstić information content (AvgIpc) is 2.94. The molecular formula is C18H26N2O4. The van der Waals surface area contributed by atoms with E-state index in [-0.39, 0.29) is 24.6 Å². The molecule has 132 valence electrons. The van der Waals surface area contributed by atoms with Gasteiger partial charge in [0.1, 0.15) is 5.75 Å². The van der Waals surface area contributed by atoms with E-state index in [1.54, 1.807) is 4.90 Å². The van der Waals surface area contributed by atoms with Gasteiger partial charge in [-0.3, -0.25) is 14.9 Å². The number of carboxylic acid groups (broad SMARTS) is 1. The molecule has 1 aliphatic heterocycles. The topological polar surface area (TPSA) is 78.9 Å². The monoisotopic (exact) mass is 334 g/mol. The summed E-state index contributed by atoms with van der Waals surface area (Å²) in [4.78, 5) is 24.7. The largest absolute Gasteiger partial charge is 0.484 e. The molecule has 6 nitrogen and oxygen atoms in total. The number of rotatable bonds is 7. The number of hydrogen-bond acceptors (Lipinski definition) is 4. The standard InChI is InChI=1S/C18H26N2O4/c1-13(2)14-4-6-15(7-5-14)24-11-16(21)20-9-8-18(3,12-20)19-10-17(22)23/h4-7,13,19H,8-12H2,1-3H3,(H,22,23)/t18-/m0/s1. The molecule has 1 aliphatic rings. The highest BCUT2D eigenvalue weighted by Gasteiger charge is 2.36. The molecule has 1 saturated heterocycles. The lowest BCUT2D eigenvalue weighted by molar-refractivity contribution is -0.136. The van der Waals surface area contributed by atoms with Crippen LogP contribution in [-0.2, 0) is 9.59 Å². The van der Waals surface area contributed by atoms with Crippen LogP contribution in [0.2, 0.25) is 0 Å². The molecule has 0 aliphatic carbocycles. The van der Waals surface area contributed by atoms with E-state index >= 15 is 0 Å². The zero-order valence-electron chi connectivity index (χ0n) is 14.5. The summed E-state index contributed by atoms with van der Waals surface area (Å²) in [5.74, 6) is 0.165. The molecule has 0 spiro atoms. The summed E-state index contributed by atoms with van der Waals surface area (Å²) in [5.41, 5.74) is 0.876. The van der Waals surface area contributed by atoms with Crippen molar-refractivity contribution >= 4 is 11.9 Å². The zero-order chi connectivity index (χ0) is 17.7. The van der Waals surface area contributed by atoms with Crippen molar-refractivity contribution in [3.8, 4) is 5.75 Å². The number of aliphatic carboxylic acids is 1. The normalized spacial score (nSPS) is 20.4. The lowest BCUT2D eigenvalue weighted by atomic mass is 10.0. The highest BCUT2D eigenvalue weighted by molar-refractivity contribution is 5.78. The van der Waals surface area contributed by atoms with Crippen LogP contribution in [-0.4, -0.2) is 53.7 Å². The van der Waals surface area contributed by atoms with Crippen LogP contribution < -0.4 is 10.1 Å². The lowest BCUT2D eigenvalue weighted by Gasteiger charge is -2.25. The van der Waals surface area contributed by atoms with Crippen LogP contribution in [0, 0.1) is 0 Å². The minimum Gasteiger partial charge on any atom is -0.484 e. The van der Waals surface area contributed by atoms with Gasteiger partial charge in [-0.25, -0.2) is 0 Å². The molecule has 1 atom stereocenters. The number of nitrogens with one attached hydrogen (secondary N) is 1. The van der Waals surface area contributed by atoms with E-state index in [4.69, 9.17) is 9.84 Å². The van der Waals surface area contributed by atoms with Gasteiger partial charge in [0.25, 0.3) is 5.91 Å². The Bertz CT molecular complexity index is 585. The Morgan fingerprint density at radius 1 is 1.33 bits per heavy atom. The second-order valence-electron chi connectivity index (χ2n) is 6.89. The van der Waals surface area contributed by atoms with Gasteiger partial charge in [-0.1, -0.05) is 26.0 Å². The van der Waals surface area contributed by atoms with E-state index in [1.165, 1.54) is 5.56 Å². The number of nitrogens with zero attached hydrogens (tertiary/aromatic N) is 1. The van der Waals surface area contributed by atoms with Gasteiger partial charge in [-0.05, 0) is 37.0 Å². The molecule has 1 heterocycles. The van der Waals surface area contributed by atoms with Crippen LogP contribution in [0.4, 0.5) is 0 Å². The molecule has 0 saturated carbocycles. The quantitative estimate of drug-likeness (QED) is 0.796. The summed E-state index contributed by atoms with van der Waals surface area (Å²) >= 11 is 0. The Morgan fingerprint density at radius 3 is 2.58 bits per heavy atom. The summed E-state index contributed by atoms with van der Waals surface area (Å²) < 4.78 is 5.58. The highest BCUT2D eigenvalue weighted by atomic mass is 16.5. The smallest absolute Gasteiger partial charge is 0.317 e. The van der Waals surface area contributed by atoms with Crippen molar-refractivity contribution in [2.45, 2.75) is 38.6 Å². The van der Waals surface area contributed by atoms with E-state index in [0.717, 1.165) is 6.42 Å². The fraction of sp³-hybridized carbons (Fsp3) is 0.556. The Morgan fingerprint density at radius 2 is 2.00 bits per heavy atom. The molecule has 0 unspecified atom stereocenters. The molecule has 24 heavy (non-hydrogen) atoms. The lowest BCUT2D eigenvalue weighted by Crippen LogP contribution is -2.48. The molecule has 0 bridgehead atoms. The summed E-state index contributed by atoms with van der Waals surface area (Å²) in [6, 6.07) is 7.77. The third kappa shape index (κ3) is 4.96. The van der Waals surface area contributed by atoms with E-state index in [1.807, 2.05) is 31.2 Å². The number of carboxylic acids is 1.